The Balaban J connectivity index is 1.69. The quantitative estimate of drug-likeness (QED) is 0.594. The van der Waals surface area contributed by atoms with Crippen molar-refractivity contribution >= 4 is 11.8 Å². The number of hydrogen-bond acceptors (Lipinski definition) is 5. The predicted molar refractivity (Wildman–Crippen MR) is 102 cm³/mol. The molecule has 2 aromatic carbocycles. The number of rotatable bonds is 7. The van der Waals surface area contributed by atoms with Crippen LogP contribution in [0.15, 0.2) is 54.9 Å². The van der Waals surface area contributed by atoms with Gasteiger partial charge in [0, 0.05) is 11.8 Å². The van der Waals surface area contributed by atoms with Gasteiger partial charge < -0.3 is 14.6 Å². The molecule has 0 spiro atoms. The number of aryl methyl sites for hydroxylation is 1. The normalized spacial score (nSPS) is 10.4. The number of aromatic nitrogens is 2. The molecule has 3 N–H and O–H groups in total. The third-order valence-corrected chi connectivity index (χ3v) is 3.85. The van der Waals surface area contributed by atoms with Crippen LogP contribution >= 0.6 is 0 Å². The molecule has 0 aliphatic heterocycles. The zero-order chi connectivity index (χ0) is 19.1. The van der Waals surface area contributed by atoms with Crippen molar-refractivity contribution in [3.63, 3.8) is 0 Å². The van der Waals surface area contributed by atoms with E-state index in [1.54, 1.807) is 24.5 Å². The fourth-order valence-corrected chi connectivity index (χ4v) is 2.59. The van der Waals surface area contributed by atoms with Gasteiger partial charge >= 0.3 is 6.09 Å². The highest BCUT2D eigenvalue weighted by atomic mass is 16.5. The summed E-state index contributed by atoms with van der Waals surface area (Å²) in [6, 6.07) is 13.1. The third-order valence-electron chi connectivity index (χ3n) is 3.85. The van der Waals surface area contributed by atoms with Crippen LogP contribution in [-0.2, 0) is 11.3 Å². The molecule has 0 aliphatic carbocycles. The Hall–Kier alpha value is -3.32. The molecular weight excluding hydrogens is 346 g/mol. The van der Waals surface area contributed by atoms with E-state index in [0.29, 0.717) is 11.4 Å². The van der Waals surface area contributed by atoms with E-state index in [2.05, 4.69) is 15.5 Å². The lowest BCUT2D eigenvalue weighted by Crippen LogP contribution is -2.15. The highest BCUT2D eigenvalue weighted by molar-refractivity contribution is 5.87. The van der Waals surface area contributed by atoms with Crippen LogP contribution in [0.3, 0.4) is 0 Å². The van der Waals surface area contributed by atoms with E-state index >= 15 is 0 Å². The molecular formula is C20H21N3O4. The summed E-state index contributed by atoms with van der Waals surface area (Å²) in [5, 5.41) is 18.4. The number of carbonyl (C=O) groups excluding carboxylic acids is 1. The fraction of sp³-hybridized carbons (Fsp3) is 0.200. The van der Waals surface area contributed by atoms with Crippen molar-refractivity contribution in [1.29, 1.82) is 0 Å². The monoisotopic (exact) mass is 367 g/mol. The van der Waals surface area contributed by atoms with Crippen LogP contribution in [0.25, 0.3) is 11.1 Å². The maximum absolute atomic E-state index is 12.2. The second-order valence-electron chi connectivity index (χ2n) is 5.96. The number of aliphatic hydroxyl groups is 1. The lowest BCUT2D eigenvalue weighted by Gasteiger charge is -2.13. The van der Waals surface area contributed by atoms with Crippen LogP contribution in [0.4, 0.5) is 10.5 Å². The maximum atomic E-state index is 12.2. The third kappa shape index (κ3) is 5.08. The Morgan fingerprint density at radius 3 is 2.85 bits per heavy atom. The van der Waals surface area contributed by atoms with E-state index in [1.165, 1.54) is 0 Å². The minimum atomic E-state index is -0.582. The molecule has 1 aromatic heterocycles. The van der Waals surface area contributed by atoms with Crippen LogP contribution in [0.2, 0.25) is 0 Å². The van der Waals surface area contributed by atoms with Gasteiger partial charge in [-0.1, -0.05) is 35.9 Å². The summed E-state index contributed by atoms with van der Waals surface area (Å²) in [5.41, 5.74) is 4.24. The molecule has 0 bridgehead atoms. The van der Waals surface area contributed by atoms with E-state index in [0.717, 1.165) is 22.3 Å². The summed E-state index contributed by atoms with van der Waals surface area (Å²) in [4.78, 5) is 12.2. The van der Waals surface area contributed by atoms with E-state index < -0.39 is 6.09 Å². The van der Waals surface area contributed by atoms with Gasteiger partial charge in [0.25, 0.3) is 0 Å². The van der Waals surface area contributed by atoms with Gasteiger partial charge in [-0.2, -0.15) is 5.10 Å². The summed E-state index contributed by atoms with van der Waals surface area (Å²) < 4.78 is 10.8. The number of H-pyrrole nitrogens is 1. The molecule has 0 unspecified atom stereocenters. The lowest BCUT2D eigenvalue weighted by molar-refractivity contribution is 0.155. The Morgan fingerprint density at radius 1 is 1.22 bits per heavy atom. The molecule has 3 rings (SSSR count). The molecule has 0 fully saturated rings. The number of aliphatic hydroxyl groups excluding tert-OH is 1. The molecule has 0 saturated carbocycles. The average molecular weight is 367 g/mol. The summed E-state index contributed by atoms with van der Waals surface area (Å²) in [5.74, 6) is 0.440. The van der Waals surface area contributed by atoms with Crippen molar-refractivity contribution in [3.8, 4) is 16.9 Å². The molecule has 1 amide bonds. The molecule has 140 valence electrons. The van der Waals surface area contributed by atoms with Gasteiger partial charge in [0.2, 0.25) is 0 Å². The zero-order valence-electron chi connectivity index (χ0n) is 14.9. The van der Waals surface area contributed by atoms with Gasteiger partial charge in [0.05, 0.1) is 18.5 Å². The molecule has 0 saturated heterocycles. The van der Waals surface area contributed by atoms with Crippen molar-refractivity contribution in [2.24, 2.45) is 0 Å². The summed E-state index contributed by atoms with van der Waals surface area (Å²) in [6.07, 6.45) is 2.87. The minimum Gasteiger partial charge on any atom is -0.489 e. The van der Waals surface area contributed by atoms with Crippen molar-refractivity contribution < 1.29 is 19.4 Å². The number of benzene rings is 2. The van der Waals surface area contributed by atoms with Crippen molar-refractivity contribution in [1.82, 2.24) is 10.2 Å². The molecule has 0 aliphatic rings. The van der Waals surface area contributed by atoms with E-state index in [4.69, 9.17) is 14.6 Å². The van der Waals surface area contributed by atoms with Crippen LogP contribution in [-0.4, -0.2) is 34.6 Å². The first-order chi connectivity index (χ1) is 13.2. The molecule has 7 heteroatoms. The zero-order valence-corrected chi connectivity index (χ0v) is 14.9. The molecule has 3 aromatic rings. The van der Waals surface area contributed by atoms with Gasteiger partial charge in [0.15, 0.2) is 0 Å². The van der Waals surface area contributed by atoms with E-state index in [-0.39, 0.29) is 19.8 Å². The largest absolute Gasteiger partial charge is 0.489 e. The van der Waals surface area contributed by atoms with Crippen molar-refractivity contribution in [3.05, 3.63) is 66.0 Å². The molecule has 7 nitrogen and oxygen atoms in total. The van der Waals surface area contributed by atoms with Crippen LogP contribution in [0, 0.1) is 6.92 Å². The van der Waals surface area contributed by atoms with Crippen molar-refractivity contribution in [2.45, 2.75) is 13.5 Å². The number of carbonyl (C=O) groups is 1. The maximum Gasteiger partial charge on any atom is 0.412 e. The smallest absolute Gasteiger partial charge is 0.412 e. The van der Waals surface area contributed by atoms with E-state index in [9.17, 15) is 4.79 Å². The molecule has 1 heterocycles. The summed E-state index contributed by atoms with van der Waals surface area (Å²) in [7, 11) is 0. The number of nitrogens with one attached hydrogen (secondary N) is 2. The van der Waals surface area contributed by atoms with Gasteiger partial charge in [-0.05, 0) is 30.2 Å². The average Bonchev–Trinajstić information content (AvgIpc) is 3.20. The lowest BCUT2D eigenvalue weighted by atomic mass is 10.1. The Kier molecular flexibility index (Phi) is 6.06. The second-order valence-corrected chi connectivity index (χ2v) is 5.96. The first-order valence-electron chi connectivity index (χ1n) is 8.52. The standard InChI is InChI=1S/C20H21N3O4/c1-14-3-2-4-15(9-14)13-27-20(25)23-18-6-5-16(17-11-21-22-12-17)10-19(18)26-8-7-24/h2-6,9-12,24H,7-8,13H2,1H3,(H,21,22)(H,23,25). The SMILES string of the molecule is Cc1cccc(COC(=O)Nc2ccc(-c3cn[nH]c3)cc2OCCO)c1. The van der Waals surface area contributed by atoms with Gasteiger partial charge in [-0.15, -0.1) is 0 Å². The highest BCUT2D eigenvalue weighted by Gasteiger charge is 2.12. The van der Waals surface area contributed by atoms with Crippen LogP contribution < -0.4 is 10.1 Å². The van der Waals surface area contributed by atoms with E-state index in [1.807, 2.05) is 37.3 Å². The number of aromatic amines is 1. The first-order valence-corrected chi connectivity index (χ1v) is 8.52. The van der Waals surface area contributed by atoms with Gasteiger partial charge in [-0.3, -0.25) is 10.4 Å². The van der Waals surface area contributed by atoms with Gasteiger partial charge in [0.1, 0.15) is 19.0 Å². The number of amides is 1. The number of ether oxygens (including phenoxy) is 2. The molecule has 0 radical (unpaired) electrons. The highest BCUT2D eigenvalue weighted by Crippen LogP contribution is 2.31. The molecule has 0 atom stereocenters. The predicted octanol–water partition coefficient (Wildman–Crippen LogP) is 3.50. The van der Waals surface area contributed by atoms with Gasteiger partial charge in [-0.25, -0.2) is 4.79 Å². The Morgan fingerprint density at radius 2 is 2.11 bits per heavy atom. The minimum absolute atomic E-state index is 0.113. The first kappa shape index (κ1) is 18.5. The number of nitrogens with zero attached hydrogens (tertiary/aromatic N) is 1. The van der Waals surface area contributed by atoms with Crippen molar-refractivity contribution in [2.75, 3.05) is 18.5 Å². The second kappa shape index (κ2) is 8.86. The molecule has 27 heavy (non-hydrogen) atoms. The van der Waals surface area contributed by atoms with Crippen LogP contribution in [0.1, 0.15) is 11.1 Å². The van der Waals surface area contributed by atoms with Crippen LogP contribution in [0.5, 0.6) is 5.75 Å². The number of hydrogen-bond donors (Lipinski definition) is 3. The summed E-state index contributed by atoms with van der Waals surface area (Å²) in [6.45, 7) is 2.14. The summed E-state index contributed by atoms with van der Waals surface area (Å²) >= 11 is 0. The number of anilines is 1. The Bertz CT molecular complexity index is 894. The topological polar surface area (TPSA) is 96.5 Å². The fourth-order valence-electron chi connectivity index (χ4n) is 2.59. The Labute approximate surface area is 157 Å².